The van der Waals surface area contributed by atoms with E-state index in [2.05, 4.69) is 91.8 Å². The van der Waals surface area contributed by atoms with Crippen molar-refractivity contribution in [3.63, 3.8) is 0 Å². The number of aromatic nitrogens is 3. The Morgan fingerprint density at radius 3 is 1.00 bits per heavy atom. The van der Waals surface area contributed by atoms with Crippen molar-refractivity contribution in [2.24, 2.45) is 0 Å². The van der Waals surface area contributed by atoms with E-state index in [0.29, 0.717) is 23.7 Å². The lowest BCUT2D eigenvalue weighted by molar-refractivity contribution is 0.832. The van der Waals surface area contributed by atoms with Crippen LogP contribution >= 0.6 is 0 Å². The Morgan fingerprint density at radius 2 is 0.742 bits per heavy atom. The molecule has 0 fully saturated rings. The molecule has 0 unspecified atom stereocenters. The third kappa shape index (κ3) is 5.39. The fourth-order valence-corrected chi connectivity index (χ4v) is 3.68. The Labute approximate surface area is 188 Å². The van der Waals surface area contributed by atoms with E-state index in [4.69, 9.17) is 15.0 Å². The standard InChI is InChI=1S/C28H37N3/c1-16(2)21-10-22(17(3)4)13-25(12-21)27-29-20(9)30-28(31-27)26-14-23(18(5)6)11-24(15-26)19(7)8/h10-19H,1-9H3. The number of hydrogen-bond acceptors (Lipinski definition) is 3. The molecule has 3 rings (SSSR count). The Kier molecular flexibility index (Phi) is 6.93. The monoisotopic (exact) mass is 415 g/mol. The smallest absolute Gasteiger partial charge is 0.163 e. The highest BCUT2D eigenvalue weighted by atomic mass is 15.0. The molecule has 3 heteroatoms. The summed E-state index contributed by atoms with van der Waals surface area (Å²) in [5, 5.41) is 0. The highest BCUT2D eigenvalue weighted by Crippen LogP contribution is 2.31. The second-order valence-corrected chi connectivity index (χ2v) is 9.93. The fourth-order valence-electron chi connectivity index (χ4n) is 3.68. The molecule has 1 heterocycles. The molecule has 31 heavy (non-hydrogen) atoms. The van der Waals surface area contributed by atoms with Gasteiger partial charge in [-0.1, -0.05) is 67.5 Å². The van der Waals surface area contributed by atoms with Gasteiger partial charge in [-0.3, -0.25) is 0 Å². The predicted octanol–water partition coefficient (Wildman–Crippen LogP) is 8.01. The van der Waals surface area contributed by atoms with Crippen LogP contribution in [0.1, 0.15) is 107 Å². The molecule has 0 amide bonds. The van der Waals surface area contributed by atoms with Gasteiger partial charge in [0.2, 0.25) is 0 Å². The quantitative estimate of drug-likeness (QED) is 0.409. The molecule has 2 aromatic carbocycles. The maximum atomic E-state index is 4.95. The summed E-state index contributed by atoms with van der Waals surface area (Å²) in [6.45, 7) is 19.8. The van der Waals surface area contributed by atoms with Crippen molar-refractivity contribution in [3.05, 3.63) is 64.5 Å². The molecule has 0 aliphatic heterocycles. The van der Waals surface area contributed by atoms with Crippen LogP contribution in [-0.4, -0.2) is 15.0 Å². The zero-order chi connectivity index (χ0) is 22.9. The van der Waals surface area contributed by atoms with Crippen LogP contribution in [0, 0.1) is 6.92 Å². The van der Waals surface area contributed by atoms with Crippen LogP contribution in [0.5, 0.6) is 0 Å². The van der Waals surface area contributed by atoms with Gasteiger partial charge in [0.15, 0.2) is 11.6 Å². The van der Waals surface area contributed by atoms with E-state index in [1.165, 1.54) is 22.3 Å². The molecule has 0 aliphatic carbocycles. The molecular weight excluding hydrogens is 378 g/mol. The van der Waals surface area contributed by atoms with Gasteiger partial charge in [-0.15, -0.1) is 0 Å². The van der Waals surface area contributed by atoms with E-state index in [9.17, 15) is 0 Å². The summed E-state index contributed by atoms with van der Waals surface area (Å²) in [6.07, 6.45) is 0. The Bertz CT molecular complexity index is 928. The Morgan fingerprint density at radius 1 is 0.452 bits per heavy atom. The summed E-state index contributed by atoms with van der Waals surface area (Å²) >= 11 is 0. The Hall–Kier alpha value is -2.55. The highest BCUT2D eigenvalue weighted by molar-refractivity contribution is 5.64. The van der Waals surface area contributed by atoms with Crippen molar-refractivity contribution in [3.8, 4) is 22.8 Å². The van der Waals surface area contributed by atoms with Crippen LogP contribution in [0.15, 0.2) is 36.4 Å². The lowest BCUT2D eigenvalue weighted by atomic mass is 9.92. The average molecular weight is 416 g/mol. The molecular formula is C28H37N3. The lowest BCUT2D eigenvalue weighted by Gasteiger charge is -2.16. The van der Waals surface area contributed by atoms with Crippen LogP contribution in [0.3, 0.4) is 0 Å². The predicted molar refractivity (Wildman–Crippen MR) is 132 cm³/mol. The molecule has 0 saturated carbocycles. The first-order valence-corrected chi connectivity index (χ1v) is 11.6. The molecule has 0 spiro atoms. The molecule has 3 nitrogen and oxygen atoms in total. The minimum Gasteiger partial charge on any atom is -0.213 e. The van der Waals surface area contributed by atoms with Crippen molar-refractivity contribution in [2.75, 3.05) is 0 Å². The van der Waals surface area contributed by atoms with Gasteiger partial charge in [0, 0.05) is 11.1 Å². The normalized spacial score (nSPS) is 11.9. The largest absolute Gasteiger partial charge is 0.213 e. The van der Waals surface area contributed by atoms with Gasteiger partial charge in [-0.2, -0.15) is 0 Å². The summed E-state index contributed by atoms with van der Waals surface area (Å²) in [4.78, 5) is 14.4. The molecule has 0 bridgehead atoms. The maximum absolute atomic E-state index is 4.95. The van der Waals surface area contributed by atoms with E-state index >= 15 is 0 Å². The second-order valence-electron chi connectivity index (χ2n) is 9.93. The van der Waals surface area contributed by atoms with Crippen molar-refractivity contribution in [1.29, 1.82) is 0 Å². The third-order valence-electron chi connectivity index (χ3n) is 5.89. The molecule has 1 aromatic heterocycles. The maximum Gasteiger partial charge on any atom is 0.163 e. The summed E-state index contributed by atoms with van der Waals surface area (Å²) in [7, 11) is 0. The van der Waals surface area contributed by atoms with Gasteiger partial charge in [-0.05, 0) is 77.1 Å². The lowest BCUT2D eigenvalue weighted by Crippen LogP contribution is -2.03. The summed E-state index contributed by atoms with van der Waals surface area (Å²) in [6, 6.07) is 13.6. The number of hydrogen-bond donors (Lipinski definition) is 0. The summed E-state index contributed by atoms with van der Waals surface area (Å²) in [5.41, 5.74) is 7.44. The van der Waals surface area contributed by atoms with E-state index in [0.717, 1.165) is 28.6 Å². The first-order chi connectivity index (χ1) is 14.5. The van der Waals surface area contributed by atoms with Gasteiger partial charge in [0.1, 0.15) is 5.82 Å². The highest BCUT2D eigenvalue weighted by Gasteiger charge is 2.15. The van der Waals surface area contributed by atoms with Crippen LogP contribution in [0.4, 0.5) is 0 Å². The molecule has 0 N–H and O–H groups in total. The SMILES string of the molecule is Cc1nc(-c2cc(C(C)C)cc(C(C)C)c2)nc(-c2cc(C(C)C)cc(C(C)C)c2)n1. The van der Waals surface area contributed by atoms with Gasteiger partial charge < -0.3 is 0 Å². The van der Waals surface area contributed by atoms with Gasteiger partial charge in [0.05, 0.1) is 0 Å². The first kappa shape index (κ1) is 23.1. The number of nitrogens with zero attached hydrogens (tertiary/aromatic N) is 3. The zero-order valence-corrected chi connectivity index (χ0v) is 20.6. The molecule has 0 saturated heterocycles. The summed E-state index contributed by atoms with van der Waals surface area (Å²) in [5.74, 6) is 4.09. The van der Waals surface area contributed by atoms with Gasteiger partial charge in [0.25, 0.3) is 0 Å². The topological polar surface area (TPSA) is 38.7 Å². The molecule has 3 aromatic rings. The summed E-state index contributed by atoms with van der Waals surface area (Å²) < 4.78 is 0. The number of rotatable bonds is 6. The molecule has 0 aliphatic rings. The number of aryl methyl sites for hydroxylation is 1. The van der Waals surface area contributed by atoms with E-state index < -0.39 is 0 Å². The van der Waals surface area contributed by atoms with Gasteiger partial charge in [-0.25, -0.2) is 15.0 Å². The zero-order valence-electron chi connectivity index (χ0n) is 20.6. The van der Waals surface area contributed by atoms with Crippen LogP contribution in [0.25, 0.3) is 22.8 Å². The van der Waals surface area contributed by atoms with Crippen LogP contribution < -0.4 is 0 Å². The minimum atomic E-state index is 0.455. The first-order valence-electron chi connectivity index (χ1n) is 11.6. The van der Waals surface area contributed by atoms with E-state index in [1.54, 1.807) is 0 Å². The molecule has 0 radical (unpaired) electrons. The van der Waals surface area contributed by atoms with Crippen LogP contribution in [0.2, 0.25) is 0 Å². The third-order valence-corrected chi connectivity index (χ3v) is 5.89. The fraction of sp³-hybridized carbons (Fsp3) is 0.464. The minimum absolute atomic E-state index is 0.455. The molecule has 164 valence electrons. The van der Waals surface area contributed by atoms with Crippen molar-refractivity contribution in [2.45, 2.75) is 86.0 Å². The Balaban J connectivity index is 2.18. The van der Waals surface area contributed by atoms with E-state index in [-0.39, 0.29) is 0 Å². The van der Waals surface area contributed by atoms with Crippen LogP contribution in [-0.2, 0) is 0 Å². The average Bonchev–Trinajstić information content (AvgIpc) is 2.72. The van der Waals surface area contributed by atoms with Crippen molar-refractivity contribution < 1.29 is 0 Å². The van der Waals surface area contributed by atoms with Gasteiger partial charge >= 0.3 is 0 Å². The van der Waals surface area contributed by atoms with Crippen molar-refractivity contribution >= 4 is 0 Å². The number of benzene rings is 2. The molecule has 0 atom stereocenters. The second kappa shape index (κ2) is 9.30. The van der Waals surface area contributed by atoms with Crippen molar-refractivity contribution in [1.82, 2.24) is 15.0 Å². The van der Waals surface area contributed by atoms with E-state index in [1.807, 2.05) is 6.92 Å².